The quantitative estimate of drug-likeness (QED) is 0.255. The summed E-state index contributed by atoms with van der Waals surface area (Å²) in [5.41, 5.74) is 5.23. The third-order valence-corrected chi connectivity index (χ3v) is 6.65. The van der Waals surface area contributed by atoms with E-state index in [-0.39, 0.29) is 5.69 Å². The first-order valence-corrected chi connectivity index (χ1v) is 12.8. The van der Waals surface area contributed by atoms with E-state index in [1.807, 2.05) is 48.5 Å². The van der Waals surface area contributed by atoms with Crippen molar-refractivity contribution in [3.8, 4) is 22.5 Å². The molecule has 2 heterocycles. The summed E-state index contributed by atoms with van der Waals surface area (Å²) in [7, 11) is 0. The first kappa shape index (κ1) is 25.5. The highest BCUT2D eigenvalue weighted by Gasteiger charge is 2.20. The number of alkyl halides is 1. The van der Waals surface area contributed by atoms with Gasteiger partial charge in [-0.15, -0.1) is 5.10 Å². The van der Waals surface area contributed by atoms with Gasteiger partial charge in [-0.1, -0.05) is 82.1 Å². The molecule has 2 aromatic heterocycles. The van der Waals surface area contributed by atoms with Gasteiger partial charge in [-0.25, -0.2) is 14.3 Å². The molecule has 0 saturated carbocycles. The molecule has 0 aliphatic rings. The average Bonchev–Trinajstić information content (AvgIpc) is 3.51. The van der Waals surface area contributed by atoms with E-state index in [0.717, 1.165) is 53.6 Å². The molecule has 0 aliphatic heterocycles. The van der Waals surface area contributed by atoms with Crippen LogP contribution in [-0.2, 0) is 26.2 Å². The van der Waals surface area contributed by atoms with Gasteiger partial charge in [0.2, 0.25) is 0 Å². The number of tetrazole rings is 1. The summed E-state index contributed by atoms with van der Waals surface area (Å²) < 4.78 is 17.7. The molecule has 0 saturated heterocycles. The number of H-pyrrole nitrogens is 1. The van der Waals surface area contributed by atoms with Crippen molar-refractivity contribution in [3.63, 3.8) is 0 Å². The molecular weight excluding hydrogens is 455 g/mol. The normalized spacial score (nSPS) is 11.5. The molecule has 0 radical (unpaired) electrons. The number of imidazole rings is 1. The molecule has 0 spiro atoms. The molecule has 190 valence electrons. The fourth-order valence-electron chi connectivity index (χ4n) is 4.64. The summed E-state index contributed by atoms with van der Waals surface area (Å²) >= 11 is 0. The molecule has 0 fully saturated rings. The van der Waals surface area contributed by atoms with Crippen molar-refractivity contribution in [1.29, 1.82) is 0 Å². The van der Waals surface area contributed by atoms with E-state index < -0.39 is 6.67 Å². The van der Waals surface area contributed by atoms with E-state index >= 15 is 0 Å². The van der Waals surface area contributed by atoms with Crippen LogP contribution in [0.1, 0.15) is 63.4 Å². The summed E-state index contributed by atoms with van der Waals surface area (Å²) in [6, 6.07) is 16.1. The predicted molar refractivity (Wildman–Crippen MR) is 140 cm³/mol. The number of aromatic nitrogens is 6. The largest absolute Gasteiger partial charge is 0.328 e. The second kappa shape index (κ2) is 11.9. The van der Waals surface area contributed by atoms with Gasteiger partial charge < -0.3 is 0 Å². The number of benzene rings is 2. The molecule has 7 nitrogen and oxygen atoms in total. The summed E-state index contributed by atoms with van der Waals surface area (Å²) in [5, 5.41) is 14.3. The van der Waals surface area contributed by atoms with Crippen LogP contribution in [0, 0.1) is 5.92 Å². The van der Waals surface area contributed by atoms with Gasteiger partial charge in [0.25, 0.3) is 0 Å². The lowest BCUT2D eigenvalue weighted by Gasteiger charge is -2.12. The van der Waals surface area contributed by atoms with Crippen LogP contribution in [0.15, 0.2) is 53.3 Å². The SMILES string of the molecule is CCCCCn1c(CF)c(CCC(C)C)n(Cc2ccc(-c3ccccc3-c3nnn[nH]3)cc2)c1=O. The molecule has 36 heavy (non-hydrogen) atoms. The van der Waals surface area contributed by atoms with E-state index in [1.54, 1.807) is 9.13 Å². The zero-order valence-electron chi connectivity index (χ0n) is 21.4. The van der Waals surface area contributed by atoms with Crippen molar-refractivity contribution in [2.45, 2.75) is 72.6 Å². The van der Waals surface area contributed by atoms with Gasteiger partial charge in [0.1, 0.15) is 6.67 Å². The topological polar surface area (TPSA) is 81.4 Å². The number of hydrogen-bond acceptors (Lipinski definition) is 4. The van der Waals surface area contributed by atoms with Crippen molar-refractivity contribution in [2.24, 2.45) is 5.92 Å². The minimum absolute atomic E-state index is 0.107. The fourth-order valence-corrected chi connectivity index (χ4v) is 4.64. The van der Waals surface area contributed by atoms with Crippen LogP contribution < -0.4 is 5.69 Å². The monoisotopic (exact) mass is 490 g/mol. The highest BCUT2D eigenvalue weighted by atomic mass is 19.1. The number of hydrogen-bond donors (Lipinski definition) is 1. The second-order valence-corrected chi connectivity index (χ2v) is 9.68. The molecule has 0 atom stereocenters. The Morgan fingerprint density at radius 2 is 1.72 bits per heavy atom. The minimum Gasteiger partial charge on any atom is -0.293 e. The summed E-state index contributed by atoms with van der Waals surface area (Å²) in [4.78, 5) is 13.4. The van der Waals surface area contributed by atoms with Crippen LogP contribution in [0.2, 0.25) is 0 Å². The lowest BCUT2D eigenvalue weighted by molar-refractivity contribution is 0.443. The van der Waals surface area contributed by atoms with Crippen LogP contribution in [0.25, 0.3) is 22.5 Å². The average molecular weight is 491 g/mol. The van der Waals surface area contributed by atoms with Crippen LogP contribution >= 0.6 is 0 Å². The number of nitrogens with zero attached hydrogens (tertiary/aromatic N) is 5. The van der Waals surface area contributed by atoms with Crippen LogP contribution in [0.3, 0.4) is 0 Å². The van der Waals surface area contributed by atoms with E-state index in [9.17, 15) is 9.18 Å². The van der Waals surface area contributed by atoms with Gasteiger partial charge in [0.05, 0.1) is 12.2 Å². The molecule has 1 N–H and O–H groups in total. The zero-order valence-corrected chi connectivity index (χ0v) is 21.4. The van der Waals surface area contributed by atoms with E-state index in [2.05, 4.69) is 41.4 Å². The predicted octanol–water partition coefficient (Wildman–Crippen LogP) is 5.79. The molecule has 0 amide bonds. The molecule has 4 rings (SSSR count). The van der Waals surface area contributed by atoms with Gasteiger partial charge in [-0.3, -0.25) is 9.13 Å². The number of nitrogens with one attached hydrogen (secondary N) is 1. The highest BCUT2D eigenvalue weighted by molar-refractivity contribution is 5.80. The van der Waals surface area contributed by atoms with Gasteiger partial charge >= 0.3 is 5.69 Å². The van der Waals surface area contributed by atoms with Crippen molar-refractivity contribution >= 4 is 0 Å². The highest BCUT2D eigenvalue weighted by Crippen LogP contribution is 2.30. The molecule has 0 bridgehead atoms. The third-order valence-electron chi connectivity index (χ3n) is 6.65. The number of halogens is 1. The Balaban J connectivity index is 1.65. The Bertz CT molecular complexity index is 1310. The standard InChI is InChI=1S/C28H35FN6O/c1-4-5-8-17-34-26(18-29)25(16-11-20(2)3)35(28(34)36)19-21-12-14-22(15-13-21)23-9-6-7-10-24(23)27-30-32-33-31-27/h6-7,9-10,12-15,20H,4-5,8,11,16-19H2,1-3H3,(H,30,31,32,33). The Morgan fingerprint density at radius 1 is 0.972 bits per heavy atom. The van der Waals surface area contributed by atoms with Gasteiger partial charge in [-0.05, 0) is 52.3 Å². The summed E-state index contributed by atoms with van der Waals surface area (Å²) in [6.07, 6.45) is 4.58. The van der Waals surface area contributed by atoms with Crippen molar-refractivity contribution in [3.05, 3.63) is 76.0 Å². The van der Waals surface area contributed by atoms with Crippen molar-refractivity contribution in [2.75, 3.05) is 0 Å². The Kier molecular flexibility index (Phi) is 8.46. The maximum atomic E-state index is 14.2. The van der Waals surface area contributed by atoms with Gasteiger partial charge in [0.15, 0.2) is 5.82 Å². The van der Waals surface area contributed by atoms with E-state index in [4.69, 9.17) is 0 Å². The second-order valence-electron chi connectivity index (χ2n) is 9.68. The Labute approximate surface area is 211 Å². The number of rotatable bonds is 12. The van der Waals surface area contributed by atoms with Crippen LogP contribution in [0.4, 0.5) is 4.39 Å². The zero-order chi connectivity index (χ0) is 25.5. The summed E-state index contributed by atoms with van der Waals surface area (Å²) in [5.74, 6) is 1.09. The third kappa shape index (κ3) is 5.64. The Morgan fingerprint density at radius 3 is 2.36 bits per heavy atom. The molecule has 2 aromatic carbocycles. The number of aromatic amines is 1. The lowest BCUT2D eigenvalue weighted by Crippen LogP contribution is -2.26. The van der Waals surface area contributed by atoms with Crippen molar-refractivity contribution in [1.82, 2.24) is 29.8 Å². The van der Waals surface area contributed by atoms with Crippen LogP contribution in [-0.4, -0.2) is 29.8 Å². The van der Waals surface area contributed by atoms with Crippen molar-refractivity contribution < 1.29 is 4.39 Å². The maximum absolute atomic E-state index is 14.2. The van der Waals surface area contributed by atoms with Crippen LogP contribution in [0.5, 0.6) is 0 Å². The number of unbranched alkanes of at least 4 members (excludes halogenated alkanes) is 2. The first-order chi connectivity index (χ1) is 17.5. The lowest BCUT2D eigenvalue weighted by atomic mass is 9.98. The fraction of sp³-hybridized carbons (Fsp3) is 0.429. The maximum Gasteiger partial charge on any atom is 0.328 e. The molecular formula is C28H35FN6O. The Hall–Kier alpha value is -3.55. The van der Waals surface area contributed by atoms with E-state index in [1.165, 1.54) is 0 Å². The molecule has 0 aliphatic carbocycles. The van der Waals surface area contributed by atoms with E-state index in [0.29, 0.717) is 36.9 Å². The summed E-state index contributed by atoms with van der Waals surface area (Å²) in [6.45, 7) is 6.81. The molecule has 0 unspecified atom stereocenters. The van der Waals surface area contributed by atoms with Gasteiger partial charge in [-0.2, -0.15) is 0 Å². The smallest absolute Gasteiger partial charge is 0.293 e. The van der Waals surface area contributed by atoms with Gasteiger partial charge in [0, 0.05) is 17.8 Å². The first-order valence-electron chi connectivity index (χ1n) is 12.8. The molecule has 8 heteroatoms. The minimum atomic E-state index is -0.617. The molecule has 4 aromatic rings.